The summed E-state index contributed by atoms with van der Waals surface area (Å²) in [5, 5.41) is 0. The first-order chi connectivity index (χ1) is 6.35. The number of carbonyl (C=O) groups is 1. The Kier molecular flexibility index (Phi) is 5.77. The van der Waals surface area contributed by atoms with Crippen LogP contribution < -0.4 is 0 Å². The average Bonchev–Trinajstić information content (AvgIpc) is 2.00. The molecule has 3 heteroatoms. The molecule has 0 saturated heterocycles. The number of ether oxygens (including phenoxy) is 1. The monoisotopic (exact) mass is 214 g/mol. The van der Waals surface area contributed by atoms with Gasteiger partial charge in [-0.2, -0.15) is 0 Å². The molecule has 14 heavy (non-hydrogen) atoms. The van der Waals surface area contributed by atoms with Crippen LogP contribution in [0.1, 0.15) is 13.3 Å². The van der Waals surface area contributed by atoms with E-state index in [-0.39, 0.29) is 5.97 Å². The van der Waals surface area contributed by atoms with Gasteiger partial charge in [0.1, 0.15) is 0 Å². The first-order valence-corrected chi connectivity index (χ1v) is 8.85. The van der Waals surface area contributed by atoms with Gasteiger partial charge in [0.25, 0.3) is 0 Å². The molecule has 2 nitrogen and oxygen atoms in total. The quantitative estimate of drug-likeness (QED) is 0.386. The Bertz CT molecular complexity index is 194. The first kappa shape index (κ1) is 13.4. The molecular weight excluding hydrogens is 192 g/mol. The molecule has 0 N–H and O–H groups in total. The van der Waals surface area contributed by atoms with E-state index in [2.05, 4.69) is 33.1 Å². The highest BCUT2D eigenvalue weighted by Crippen LogP contribution is 2.18. The van der Waals surface area contributed by atoms with Gasteiger partial charge in [-0.25, -0.2) is 4.79 Å². The van der Waals surface area contributed by atoms with Crippen LogP contribution in [-0.2, 0) is 9.53 Å². The Morgan fingerprint density at radius 2 is 2.07 bits per heavy atom. The van der Waals surface area contributed by atoms with Gasteiger partial charge in [-0.1, -0.05) is 39.2 Å². The molecule has 0 aliphatic heterocycles. The van der Waals surface area contributed by atoms with Gasteiger partial charge in [-0.15, -0.1) is 0 Å². The van der Waals surface area contributed by atoms with Crippen molar-refractivity contribution >= 4 is 14.0 Å². The van der Waals surface area contributed by atoms with E-state index in [0.29, 0.717) is 12.5 Å². The Morgan fingerprint density at radius 1 is 1.50 bits per heavy atom. The second kappa shape index (κ2) is 6.01. The molecule has 0 aromatic rings. The lowest BCUT2D eigenvalue weighted by atomic mass is 10.1. The Morgan fingerprint density at radius 3 is 2.50 bits per heavy atom. The zero-order valence-electron chi connectivity index (χ0n) is 9.80. The third-order valence-corrected chi connectivity index (χ3v) is 3.90. The summed E-state index contributed by atoms with van der Waals surface area (Å²) in [6, 6.07) is 1.29. The minimum absolute atomic E-state index is 0.315. The van der Waals surface area contributed by atoms with Crippen molar-refractivity contribution < 1.29 is 9.53 Å². The summed E-state index contributed by atoms with van der Waals surface area (Å²) >= 11 is 0. The summed E-state index contributed by atoms with van der Waals surface area (Å²) in [6.45, 7) is 13.2. The van der Waals surface area contributed by atoms with Crippen molar-refractivity contribution in [2.75, 3.05) is 6.61 Å². The van der Waals surface area contributed by atoms with Crippen LogP contribution in [0.5, 0.6) is 0 Å². The van der Waals surface area contributed by atoms with Crippen LogP contribution in [0.25, 0.3) is 0 Å². The minimum atomic E-state index is -0.966. The summed E-state index contributed by atoms with van der Waals surface area (Å²) in [7, 11) is -0.966. The van der Waals surface area contributed by atoms with Gasteiger partial charge in [-0.3, -0.25) is 0 Å². The van der Waals surface area contributed by atoms with Crippen molar-refractivity contribution in [3.05, 3.63) is 12.7 Å². The Hall–Kier alpha value is -0.573. The maximum absolute atomic E-state index is 10.7. The van der Waals surface area contributed by atoms with E-state index < -0.39 is 8.07 Å². The predicted molar refractivity (Wildman–Crippen MR) is 63.1 cm³/mol. The summed E-state index contributed by atoms with van der Waals surface area (Å²) in [6.07, 6.45) is 2.17. The molecule has 0 saturated carbocycles. The third kappa shape index (κ3) is 8.04. The largest absolute Gasteiger partial charge is 0.463 e. The highest BCUT2D eigenvalue weighted by molar-refractivity contribution is 6.76. The first-order valence-electron chi connectivity index (χ1n) is 5.14. The van der Waals surface area contributed by atoms with Crippen LogP contribution in [0, 0.1) is 5.92 Å². The van der Waals surface area contributed by atoms with Crippen LogP contribution >= 0.6 is 0 Å². The zero-order valence-corrected chi connectivity index (χ0v) is 10.8. The molecule has 82 valence electrons. The van der Waals surface area contributed by atoms with Crippen molar-refractivity contribution in [3.63, 3.8) is 0 Å². The van der Waals surface area contributed by atoms with Crippen LogP contribution in [0.4, 0.5) is 0 Å². The van der Waals surface area contributed by atoms with Crippen LogP contribution in [-0.4, -0.2) is 20.7 Å². The van der Waals surface area contributed by atoms with Gasteiger partial charge in [0, 0.05) is 14.1 Å². The maximum atomic E-state index is 10.7. The highest BCUT2D eigenvalue weighted by atomic mass is 28.3. The molecule has 0 radical (unpaired) electrons. The molecule has 0 aliphatic rings. The van der Waals surface area contributed by atoms with Gasteiger partial charge >= 0.3 is 5.97 Å². The maximum Gasteiger partial charge on any atom is 0.330 e. The molecule has 0 aromatic heterocycles. The summed E-state index contributed by atoms with van der Waals surface area (Å²) in [5.74, 6) is 0.337. The molecule has 1 atom stereocenters. The van der Waals surface area contributed by atoms with E-state index in [1.54, 1.807) is 0 Å². The van der Waals surface area contributed by atoms with E-state index >= 15 is 0 Å². The molecular formula is C11H22O2Si. The molecule has 0 heterocycles. The van der Waals surface area contributed by atoms with Crippen molar-refractivity contribution in [1.29, 1.82) is 0 Å². The number of esters is 1. The summed E-state index contributed by atoms with van der Waals surface area (Å²) in [5.41, 5.74) is 0. The fourth-order valence-corrected chi connectivity index (χ4v) is 3.86. The molecule has 0 aromatic carbocycles. The summed E-state index contributed by atoms with van der Waals surface area (Å²) in [4.78, 5) is 10.7. The second-order valence-electron chi connectivity index (χ2n) is 5.03. The number of carbonyl (C=O) groups excluding carboxylic acids is 1. The van der Waals surface area contributed by atoms with E-state index in [1.165, 1.54) is 12.1 Å². The lowest BCUT2D eigenvalue weighted by Gasteiger charge is -2.20. The van der Waals surface area contributed by atoms with Gasteiger partial charge in [0.2, 0.25) is 0 Å². The zero-order chi connectivity index (χ0) is 11.2. The normalized spacial score (nSPS) is 13.4. The van der Waals surface area contributed by atoms with Crippen molar-refractivity contribution in [1.82, 2.24) is 0 Å². The van der Waals surface area contributed by atoms with Crippen molar-refractivity contribution in [2.45, 2.75) is 39.0 Å². The predicted octanol–water partition coefficient (Wildman–Crippen LogP) is 3.08. The average molecular weight is 214 g/mol. The van der Waals surface area contributed by atoms with E-state index in [4.69, 9.17) is 4.74 Å². The van der Waals surface area contributed by atoms with Gasteiger partial charge in [0.15, 0.2) is 0 Å². The fourth-order valence-electron chi connectivity index (χ4n) is 1.57. The third-order valence-electron chi connectivity index (χ3n) is 1.98. The topological polar surface area (TPSA) is 26.3 Å². The molecule has 1 unspecified atom stereocenters. The summed E-state index contributed by atoms with van der Waals surface area (Å²) < 4.78 is 4.93. The van der Waals surface area contributed by atoms with Crippen molar-refractivity contribution in [2.24, 2.45) is 5.92 Å². The molecule has 0 rings (SSSR count). The lowest BCUT2D eigenvalue weighted by molar-refractivity contribution is -0.138. The number of rotatable bonds is 6. The fraction of sp³-hybridized carbons (Fsp3) is 0.727. The number of hydrogen-bond acceptors (Lipinski definition) is 2. The molecule has 0 spiro atoms. The van der Waals surface area contributed by atoms with E-state index in [1.807, 2.05) is 0 Å². The van der Waals surface area contributed by atoms with Crippen LogP contribution in [0.2, 0.25) is 25.7 Å². The smallest absolute Gasteiger partial charge is 0.330 e. The standard InChI is InChI=1S/C11H22O2Si/c1-6-11(12)13-8-7-10(2)9-14(3,4)5/h6,10H,1,7-9H2,2-5H3. The Labute approximate surface area is 88.4 Å². The van der Waals surface area contributed by atoms with Gasteiger partial charge in [-0.05, 0) is 12.3 Å². The van der Waals surface area contributed by atoms with E-state index in [9.17, 15) is 4.79 Å². The SMILES string of the molecule is C=CC(=O)OCCC(C)C[Si](C)(C)C. The van der Waals surface area contributed by atoms with Crippen LogP contribution in [0.15, 0.2) is 12.7 Å². The Balaban J connectivity index is 3.59. The lowest BCUT2D eigenvalue weighted by Crippen LogP contribution is -2.23. The molecule has 0 aliphatic carbocycles. The van der Waals surface area contributed by atoms with E-state index in [0.717, 1.165) is 6.42 Å². The van der Waals surface area contributed by atoms with Gasteiger partial charge < -0.3 is 4.74 Å². The van der Waals surface area contributed by atoms with Crippen molar-refractivity contribution in [3.8, 4) is 0 Å². The second-order valence-corrected chi connectivity index (χ2v) is 10.6. The minimum Gasteiger partial charge on any atom is -0.463 e. The molecule has 0 bridgehead atoms. The molecule has 0 amide bonds. The van der Waals surface area contributed by atoms with Crippen LogP contribution in [0.3, 0.4) is 0 Å². The van der Waals surface area contributed by atoms with Gasteiger partial charge in [0.05, 0.1) is 6.61 Å². The highest BCUT2D eigenvalue weighted by Gasteiger charge is 2.17. The molecule has 0 fully saturated rings. The number of hydrogen-bond donors (Lipinski definition) is 0.